The van der Waals surface area contributed by atoms with Crippen molar-refractivity contribution in [3.05, 3.63) is 82.6 Å². The molecule has 1 amide bonds. The summed E-state index contributed by atoms with van der Waals surface area (Å²) in [5.74, 6) is -0.319. The lowest BCUT2D eigenvalue weighted by Crippen LogP contribution is -2.42. The highest BCUT2D eigenvalue weighted by molar-refractivity contribution is 6.32. The van der Waals surface area contributed by atoms with Crippen molar-refractivity contribution in [1.82, 2.24) is 14.9 Å². The largest absolute Gasteiger partial charge is 0.487 e. The van der Waals surface area contributed by atoms with Gasteiger partial charge in [-0.15, -0.1) is 0 Å². The molecule has 3 rings (SSSR count). The summed E-state index contributed by atoms with van der Waals surface area (Å²) in [4.78, 5) is 16.0. The van der Waals surface area contributed by atoms with Gasteiger partial charge in [-0.25, -0.2) is 9.37 Å². The first kappa shape index (κ1) is 20.8. The molecule has 6 nitrogen and oxygen atoms in total. The molecule has 152 valence electrons. The molecule has 0 bridgehead atoms. The first-order valence-electron chi connectivity index (χ1n) is 9.06. The third-order valence-electron chi connectivity index (χ3n) is 4.40. The van der Waals surface area contributed by atoms with E-state index < -0.39 is 11.9 Å². The van der Waals surface area contributed by atoms with Crippen LogP contribution in [0.15, 0.2) is 55.0 Å². The summed E-state index contributed by atoms with van der Waals surface area (Å²) in [6.07, 6.45) is 3.91. The number of primary amides is 1. The first-order valence-corrected chi connectivity index (χ1v) is 9.44. The maximum Gasteiger partial charge on any atom is 0.234 e. The molecule has 0 radical (unpaired) electrons. The van der Waals surface area contributed by atoms with Gasteiger partial charge in [-0.3, -0.25) is 4.79 Å². The molecule has 29 heavy (non-hydrogen) atoms. The number of benzene rings is 2. The number of carbonyl (C=O) groups is 1. The molecule has 3 N–H and O–H groups in total. The Morgan fingerprint density at radius 2 is 2.14 bits per heavy atom. The Bertz CT molecular complexity index is 992. The number of rotatable bonds is 9. The number of ether oxygens (including phenoxy) is 1. The van der Waals surface area contributed by atoms with E-state index in [0.717, 1.165) is 11.3 Å². The van der Waals surface area contributed by atoms with E-state index in [4.69, 9.17) is 22.1 Å². The van der Waals surface area contributed by atoms with Gasteiger partial charge in [0, 0.05) is 31.8 Å². The molecule has 0 aliphatic carbocycles. The summed E-state index contributed by atoms with van der Waals surface area (Å²) in [5, 5.41) is 3.54. The molecule has 0 saturated heterocycles. The van der Waals surface area contributed by atoms with Crippen molar-refractivity contribution >= 4 is 17.5 Å². The van der Waals surface area contributed by atoms with Crippen LogP contribution in [-0.4, -0.2) is 21.5 Å². The maximum atomic E-state index is 13.7. The Balaban J connectivity index is 1.59. The summed E-state index contributed by atoms with van der Waals surface area (Å²) < 4.78 is 21.1. The van der Waals surface area contributed by atoms with Crippen molar-refractivity contribution in [2.75, 3.05) is 0 Å². The molecule has 0 aliphatic rings. The zero-order valence-electron chi connectivity index (χ0n) is 15.9. The molecule has 1 heterocycles. The Kier molecular flexibility index (Phi) is 6.85. The van der Waals surface area contributed by atoms with Gasteiger partial charge in [0.15, 0.2) is 0 Å². The highest BCUT2D eigenvalue weighted by Crippen LogP contribution is 2.26. The second kappa shape index (κ2) is 9.54. The SMILES string of the molecule is Cn1cnc(CC(NCc2ccc(OCc3ccccc3F)c(Cl)c2)C(N)=O)c1. The second-order valence-electron chi connectivity index (χ2n) is 6.72. The quantitative estimate of drug-likeness (QED) is 0.561. The van der Waals surface area contributed by atoms with Crippen molar-refractivity contribution in [1.29, 1.82) is 0 Å². The van der Waals surface area contributed by atoms with E-state index in [-0.39, 0.29) is 12.4 Å². The second-order valence-corrected chi connectivity index (χ2v) is 7.12. The number of aromatic nitrogens is 2. The normalized spacial score (nSPS) is 12.0. The van der Waals surface area contributed by atoms with E-state index in [1.54, 1.807) is 36.7 Å². The van der Waals surface area contributed by atoms with Crippen LogP contribution in [0.3, 0.4) is 0 Å². The van der Waals surface area contributed by atoms with Gasteiger partial charge < -0.3 is 20.4 Å². The van der Waals surface area contributed by atoms with Crippen LogP contribution in [0.25, 0.3) is 0 Å². The predicted molar refractivity (Wildman–Crippen MR) is 109 cm³/mol. The third kappa shape index (κ3) is 5.79. The van der Waals surface area contributed by atoms with E-state index >= 15 is 0 Å². The Hall–Kier alpha value is -2.90. The average Bonchev–Trinajstić information content (AvgIpc) is 3.10. The standard InChI is InChI=1S/C21H22ClFN4O2/c1-27-11-16(26-13-27)9-19(21(24)28)25-10-14-6-7-20(17(22)8-14)29-12-15-4-2-3-5-18(15)23/h2-8,11,13,19,25H,9-10,12H2,1H3,(H2,24,28). The number of hydrogen-bond donors (Lipinski definition) is 2. The number of imidazole rings is 1. The van der Waals surface area contributed by atoms with Gasteiger partial charge in [0.05, 0.1) is 23.1 Å². The van der Waals surface area contributed by atoms with Crippen LogP contribution in [0.5, 0.6) is 5.75 Å². The lowest BCUT2D eigenvalue weighted by Gasteiger charge is -2.15. The van der Waals surface area contributed by atoms with Crippen molar-refractivity contribution in [2.24, 2.45) is 12.8 Å². The third-order valence-corrected chi connectivity index (χ3v) is 4.70. The number of hydrogen-bond acceptors (Lipinski definition) is 4. The number of nitrogens with one attached hydrogen (secondary N) is 1. The number of amides is 1. The summed E-state index contributed by atoms with van der Waals surface area (Å²) >= 11 is 6.29. The lowest BCUT2D eigenvalue weighted by molar-refractivity contribution is -0.120. The molecular weight excluding hydrogens is 395 g/mol. The molecular formula is C21H22ClFN4O2. The van der Waals surface area contributed by atoms with Crippen molar-refractivity contribution < 1.29 is 13.9 Å². The molecule has 1 atom stereocenters. The van der Waals surface area contributed by atoms with Crippen LogP contribution in [0, 0.1) is 5.82 Å². The van der Waals surface area contributed by atoms with Gasteiger partial charge in [0.2, 0.25) is 5.91 Å². The Morgan fingerprint density at radius 1 is 1.34 bits per heavy atom. The molecule has 2 aromatic carbocycles. The van der Waals surface area contributed by atoms with Gasteiger partial charge in [0.1, 0.15) is 18.2 Å². The van der Waals surface area contributed by atoms with Crippen LogP contribution in [-0.2, 0) is 31.4 Å². The summed E-state index contributed by atoms with van der Waals surface area (Å²) in [6.45, 7) is 0.478. The minimum Gasteiger partial charge on any atom is -0.487 e. The summed E-state index contributed by atoms with van der Waals surface area (Å²) in [5.41, 5.74) is 7.59. The molecule has 0 fully saturated rings. The zero-order valence-corrected chi connectivity index (χ0v) is 16.7. The summed E-state index contributed by atoms with van der Waals surface area (Å²) in [6, 6.07) is 11.2. The van der Waals surface area contributed by atoms with Gasteiger partial charge in [-0.05, 0) is 23.8 Å². The molecule has 0 aliphatic heterocycles. The molecule has 1 aromatic heterocycles. The predicted octanol–water partition coefficient (Wildman–Crippen LogP) is 2.98. The van der Waals surface area contributed by atoms with E-state index in [1.165, 1.54) is 6.07 Å². The molecule has 3 aromatic rings. The smallest absolute Gasteiger partial charge is 0.234 e. The number of nitrogens with two attached hydrogens (primary N) is 1. The van der Waals surface area contributed by atoms with Crippen molar-refractivity contribution in [2.45, 2.75) is 25.6 Å². The highest BCUT2D eigenvalue weighted by Gasteiger charge is 2.17. The van der Waals surface area contributed by atoms with Gasteiger partial charge in [-0.2, -0.15) is 0 Å². The molecule has 1 unspecified atom stereocenters. The van der Waals surface area contributed by atoms with E-state index in [2.05, 4.69) is 10.3 Å². The van der Waals surface area contributed by atoms with E-state index in [0.29, 0.717) is 29.3 Å². The molecule has 0 saturated carbocycles. The fraction of sp³-hybridized carbons (Fsp3) is 0.238. The Labute approximate surface area is 173 Å². The van der Waals surface area contributed by atoms with Crippen LogP contribution < -0.4 is 15.8 Å². The highest BCUT2D eigenvalue weighted by atomic mass is 35.5. The van der Waals surface area contributed by atoms with E-state index in [9.17, 15) is 9.18 Å². The fourth-order valence-electron chi connectivity index (χ4n) is 2.84. The van der Waals surface area contributed by atoms with Crippen LogP contribution in [0.4, 0.5) is 4.39 Å². The number of carbonyl (C=O) groups excluding carboxylic acids is 1. The fourth-order valence-corrected chi connectivity index (χ4v) is 3.10. The van der Waals surface area contributed by atoms with Crippen LogP contribution >= 0.6 is 11.6 Å². The molecule has 8 heteroatoms. The van der Waals surface area contributed by atoms with E-state index in [1.807, 2.05) is 23.9 Å². The van der Waals surface area contributed by atoms with Gasteiger partial charge in [0.25, 0.3) is 0 Å². The number of halogens is 2. The van der Waals surface area contributed by atoms with Crippen molar-refractivity contribution in [3.63, 3.8) is 0 Å². The number of nitrogens with zero attached hydrogens (tertiary/aromatic N) is 2. The van der Waals surface area contributed by atoms with Gasteiger partial charge in [-0.1, -0.05) is 35.9 Å². The molecule has 0 spiro atoms. The maximum absolute atomic E-state index is 13.7. The monoisotopic (exact) mass is 416 g/mol. The summed E-state index contributed by atoms with van der Waals surface area (Å²) in [7, 11) is 1.86. The average molecular weight is 417 g/mol. The topological polar surface area (TPSA) is 82.2 Å². The van der Waals surface area contributed by atoms with Crippen LogP contribution in [0.2, 0.25) is 5.02 Å². The van der Waals surface area contributed by atoms with Gasteiger partial charge >= 0.3 is 0 Å². The van der Waals surface area contributed by atoms with Crippen LogP contribution in [0.1, 0.15) is 16.8 Å². The van der Waals surface area contributed by atoms with Crippen molar-refractivity contribution in [3.8, 4) is 5.75 Å². The minimum atomic E-state index is -0.555. The minimum absolute atomic E-state index is 0.0812. The lowest BCUT2D eigenvalue weighted by atomic mass is 10.1. The zero-order chi connectivity index (χ0) is 20.8. The first-order chi connectivity index (χ1) is 13.9. The Morgan fingerprint density at radius 3 is 2.79 bits per heavy atom. The number of aryl methyl sites for hydroxylation is 1.